The van der Waals surface area contributed by atoms with E-state index in [1.807, 2.05) is 6.92 Å². The van der Waals surface area contributed by atoms with Crippen molar-refractivity contribution in [3.63, 3.8) is 0 Å². The lowest BCUT2D eigenvalue weighted by molar-refractivity contribution is -0.141. The summed E-state index contributed by atoms with van der Waals surface area (Å²) in [5, 5.41) is 3.93. The first-order chi connectivity index (χ1) is 15.1. The third kappa shape index (κ3) is 4.10. The molecule has 0 bridgehead atoms. The number of likely N-dealkylation sites (tertiary alicyclic amines) is 1. The molecule has 4 heterocycles. The second-order valence-corrected chi connectivity index (χ2v) is 7.99. The molecule has 32 heavy (non-hydrogen) atoms. The van der Waals surface area contributed by atoms with E-state index in [0.29, 0.717) is 12.1 Å². The van der Waals surface area contributed by atoms with E-state index in [9.17, 15) is 26.7 Å². The second kappa shape index (κ2) is 8.23. The van der Waals surface area contributed by atoms with Gasteiger partial charge < -0.3 is 4.90 Å². The lowest BCUT2D eigenvalue weighted by Gasteiger charge is -2.37. The van der Waals surface area contributed by atoms with Gasteiger partial charge in [0.25, 0.3) is 18.1 Å². The Kier molecular flexibility index (Phi) is 5.74. The number of halogens is 6. The Hall–Kier alpha value is -2.89. The fourth-order valence-corrected chi connectivity index (χ4v) is 4.03. The summed E-state index contributed by atoms with van der Waals surface area (Å²) < 4.78 is 68.2. The van der Waals surface area contributed by atoms with Crippen molar-refractivity contribution in [2.75, 3.05) is 13.1 Å². The topological polar surface area (TPSA) is 76.3 Å². The maximum absolute atomic E-state index is 13.4. The first-order valence-electron chi connectivity index (χ1n) is 9.57. The molecule has 0 aromatic carbocycles. The van der Waals surface area contributed by atoms with Crippen molar-refractivity contribution in [3.8, 4) is 0 Å². The van der Waals surface area contributed by atoms with E-state index in [1.165, 1.54) is 21.8 Å². The SMILES string of the molecule is C[C@@H]1CCN(C(=O)c2cc(Cl)cnc2C(F)(F)F)C[C@H]1c1cc(C(F)F)nc2ncnn12. The van der Waals surface area contributed by atoms with E-state index in [0.717, 1.165) is 12.3 Å². The number of hydrogen-bond donors (Lipinski definition) is 0. The van der Waals surface area contributed by atoms with Crippen LogP contribution in [0.15, 0.2) is 24.7 Å². The molecule has 4 rings (SSSR count). The molecule has 1 fully saturated rings. The Morgan fingerprint density at radius 2 is 2.00 bits per heavy atom. The van der Waals surface area contributed by atoms with Crippen LogP contribution in [-0.2, 0) is 6.18 Å². The number of alkyl halides is 5. The first kappa shape index (κ1) is 22.3. The third-order valence-electron chi connectivity index (χ3n) is 5.50. The van der Waals surface area contributed by atoms with Crippen molar-refractivity contribution < 1.29 is 26.7 Å². The molecule has 0 radical (unpaired) electrons. The van der Waals surface area contributed by atoms with Crippen molar-refractivity contribution >= 4 is 23.3 Å². The summed E-state index contributed by atoms with van der Waals surface area (Å²) in [6.07, 6.45) is -5.26. The number of nitrogens with zero attached hydrogens (tertiary/aromatic N) is 6. The largest absolute Gasteiger partial charge is 0.434 e. The zero-order chi connectivity index (χ0) is 23.2. The van der Waals surface area contributed by atoms with Crippen LogP contribution in [0.3, 0.4) is 0 Å². The number of piperidine rings is 1. The van der Waals surface area contributed by atoms with E-state index in [4.69, 9.17) is 11.6 Å². The number of rotatable bonds is 3. The van der Waals surface area contributed by atoms with Crippen LogP contribution in [0.1, 0.15) is 53.1 Å². The Morgan fingerprint density at radius 3 is 2.69 bits per heavy atom. The zero-order valence-electron chi connectivity index (χ0n) is 16.5. The summed E-state index contributed by atoms with van der Waals surface area (Å²) in [6.45, 7) is 2.05. The van der Waals surface area contributed by atoms with Gasteiger partial charge in [-0.15, -0.1) is 0 Å². The number of carbonyl (C=O) groups excluding carboxylic acids is 1. The van der Waals surface area contributed by atoms with Crippen molar-refractivity contribution in [1.29, 1.82) is 0 Å². The van der Waals surface area contributed by atoms with Gasteiger partial charge in [0.15, 0.2) is 5.69 Å². The van der Waals surface area contributed by atoms with Gasteiger partial charge in [0.2, 0.25) is 0 Å². The lowest BCUT2D eigenvalue weighted by Crippen LogP contribution is -2.43. The number of fused-ring (bicyclic) bond motifs is 1. The van der Waals surface area contributed by atoms with Crippen molar-refractivity contribution in [2.45, 2.75) is 31.9 Å². The highest BCUT2D eigenvalue weighted by atomic mass is 35.5. The Labute approximate surface area is 183 Å². The predicted octanol–water partition coefficient (Wildman–Crippen LogP) is 4.39. The molecule has 0 aliphatic carbocycles. The van der Waals surface area contributed by atoms with Crippen LogP contribution >= 0.6 is 11.6 Å². The molecule has 1 aliphatic heterocycles. The highest BCUT2D eigenvalue weighted by molar-refractivity contribution is 6.30. The molecule has 170 valence electrons. The van der Waals surface area contributed by atoms with Crippen LogP contribution in [0.5, 0.6) is 0 Å². The molecule has 13 heteroatoms. The maximum atomic E-state index is 13.4. The van der Waals surface area contributed by atoms with Gasteiger partial charge in [-0.1, -0.05) is 18.5 Å². The van der Waals surface area contributed by atoms with Crippen LogP contribution in [-0.4, -0.2) is 48.5 Å². The van der Waals surface area contributed by atoms with E-state index in [-0.39, 0.29) is 29.8 Å². The molecule has 3 aromatic rings. The molecule has 0 saturated carbocycles. The monoisotopic (exact) mass is 474 g/mol. The van der Waals surface area contributed by atoms with Gasteiger partial charge in [0.05, 0.1) is 16.3 Å². The summed E-state index contributed by atoms with van der Waals surface area (Å²) in [4.78, 5) is 25.3. The lowest BCUT2D eigenvalue weighted by atomic mass is 9.84. The van der Waals surface area contributed by atoms with Gasteiger partial charge in [-0.05, 0) is 24.5 Å². The normalized spacial score (nSPS) is 19.7. The molecular weight excluding hydrogens is 459 g/mol. The van der Waals surface area contributed by atoms with Crippen molar-refractivity contribution in [3.05, 3.63) is 52.3 Å². The Balaban J connectivity index is 1.72. The molecule has 1 amide bonds. The molecular formula is C19H16ClF5N6O. The van der Waals surface area contributed by atoms with Crippen LogP contribution in [0, 0.1) is 5.92 Å². The van der Waals surface area contributed by atoms with Crippen LogP contribution in [0.2, 0.25) is 5.02 Å². The van der Waals surface area contributed by atoms with Gasteiger partial charge in [-0.2, -0.15) is 23.3 Å². The minimum absolute atomic E-state index is 0.00847. The van der Waals surface area contributed by atoms with Gasteiger partial charge >= 0.3 is 6.18 Å². The number of hydrogen-bond acceptors (Lipinski definition) is 5. The quantitative estimate of drug-likeness (QED) is 0.526. The Bertz CT molecular complexity index is 1170. The van der Waals surface area contributed by atoms with E-state index < -0.39 is 41.4 Å². The molecule has 3 aromatic heterocycles. The zero-order valence-corrected chi connectivity index (χ0v) is 17.3. The number of pyridine rings is 1. The average molecular weight is 475 g/mol. The predicted molar refractivity (Wildman–Crippen MR) is 102 cm³/mol. The highest BCUT2D eigenvalue weighted by Crippen LogP contribution is 2.36. The standard InChI is InChI=1S/C19H16ClF5N6O/c1-9-2-3-30(17(32)11-4-10(20)6-26-15(11)19(23,24)25)7-12(9)14-5-13(16(21)22)29-18-27-8-28-31(14)18/h4-6,8-9,12,16H,2-3,7H2,1H3/t9-,12-/m1/s1. The smallest absolute Gasteiger partial charge is 0.338 e. The molecule has 0 unspecified atom stereocenters. The van der Waals surface area contributed by atoms with Gasteiger partial charge in [0, 0.05) is 25.2 Å². The maximum Gasteiger partial charge on any atom is 0.434 e. The van der Waals surface area contributed by atoms with Crippen LogP contribution < -0.4 is 0 Å². The van der Waals surface area contributed by atoms with Gasteiger partial charge in [0.1, 0.15) is 12.0 Å². The fourth-order valence-electron chi connectivity index (χ4n) is 3.87. The van der Waals surface area contributed by atoms with Crippen molar-refractivity contribution in [1.82, 2.24) is 29.5 Å². The molecule has 1 aliphatic rings. The highest BCUT2D eigenvalue weighted by Gasteiger charge is 2.40. The van der Waals surface area contributed by atoms with Gasteiger partial charge in [-0.3, -0.25) is 4.79 Å². The fraction of sp³-hybridized carbons (Fsp3) is 0.421. The second-order valence-electron chi connectivity index (χ2n) is 7.55. The molecule has 2 atom stereocenters. The van der Waals surface area contributed by atoms with E-state index in [2.05, 4.69) is 20.1 Å². The van der Waals surface area contributed by atoms with E-state index in [1.54, 1.807) is 0 Å². The van der Waals surface area contributed by atoms with Crippen molar-refractivity contribution in [2.24, 2.45) is 5.92 Å². The molecule has 1 saturated heterocycles. The summed E-state index contributed by atoms with van der Waals surface area (Å²) in [7, 11) is 0. The minimum atomic E-state index is -4.85. The van der Waals surface area contributed by atoms with Gasteiger partial charge in [-0.25, -0.2) is 23.3 Å². The summed E-state index contributed by atoms with van der Waals surface area (Å²) in [6, 6.07) is 2.13. The van der Waals surface area contributed by atoms with Crippen LogP contribution in [0.4, 0.5) is 22.0 Å². The molecule has 0 spiro atoms. The summed E-state index contributed by atoms with van der Waals surface area (Å²) >= 11 is 5.80. The molecule has 0 N–H and O–H groups in total. The summed E-state index contributed by atoms with van der Waals surface area (Å²) in [5.41, 5.74) is -2.13. The number of carbonyl (C=O) groups is 1. The third-order valence-corrected chi connectivity index (χ3v) is 5.71. The summed E-state index contributed by atoms with van der Waals surface area (Å²) in [5.74, 6) is -1.47. The minimum Gasteiger partial charge on any atom is -0.338 e. The first-order valence-corrected chi connectivity index (χ1v) is 9.94. The van der Waals surface area contributed by atoms with E-state index >= 15 is 0 Å². The average Bonchev–Trinajstić information content (AvgIpc) is 3.21. The Morgan fingerprint density at radius 1 is 1.25 bits per heavy atom. The molecule has 7 nitrogen and oxygen atoms in total. The number of amides is 1. The van der Waals surface area contributed by atoms with Crippen LogP contribution in [0.25, 0.3) is 5.78 Å². The number of aromatic nitrogens is 5.